The number of nitrogens with zero attached hydrogens (tertiary/aromatic N) is 6. The molecule has 0 amide bonds. The first-order valence-electron chi connectivity index (χ1n) is 22.8. The normalized spacial score (nSPS) is 13.5. The summed E-state index contributed by atoms with van der Waals surface area (Å²) in [5, 5.41) is 0. The van der Waals surface area contributed by atoms with Gasteiger partial charge >= 0.3 is 0 Å². The number of fused-ring (bicyclic) bond motifs is 6. The Balaban J connectivity index is 1.18. The van der Waals surface area contributed by atoms with Crippen LogP contribution in [0.1, 0.15) is 79.0 Å². The van der Waals surface area contributed by atoms with Crippen LogP contribution in [0.5, 0.6) is 0 Å². The molecule has 0 aliphatic carbocycles. The van der Waals surface area contributed by atoms with Gasteiger partial charge in [0.15, 0.2) is 0 Å². The molecule has 2 aliphatic heterocycles. The molecule has 2 aliphatic rings. The van der Waals surface area contributed by atoms with E-state index in [4.69, 9.17) is 4.98 Å². The molecule has 10 rings (SSSR count). The average molecular weight is 851 g/mol. The second-order valence-corrected chi connectivity index (χ2v) is 20.6. The minimum Gasteiger partial charge on any atom is -0.321 e. The van der Waals surface area contributed by atoms with Gasteiger partial charge in [0, 0.05) is 58.2 Å². The van der Waals surface area contributed by atoms with E-state index < -0.39 is 0 Å². The number of anilines is 10. The molecule has 324 valence electrons. The van der Waals surface area contributed by atoms with Gasteiger partial charge in [0.2, 0.25) is 0 Å². The third-order valence-electron chi connectivity index (χ3n) is 13.0. The molecule has 0 saturated carbocycles. The summed E-state index contributed by atoms with van der Waals surface area (Å²) in [7, 11) is 0. The van der Waals surface area contributed by atoms with Gasteiger partial charge in [-0.1, -0.05) is 135 Å². The van der Waals surface area contributed by atoms with Crippen LogP contribution in [-0.4, -0.2) is 16.6 Å². The predicted octanol–water partition coefficient (Wildman–Crippen LogP) is 16.2. The highest BCUT2D eigenvalue weighted by molar-refractivity contribution is 6.03. The molecule has 4 heterocycles. The van der Waals surface area contributed by atoms with E-state index in [0.29, 0.717) is 6.67 Å². The van der Waals surface area contributed by atoms with E-state index in [-0.39, 0.29) is 16.2 Å². The van der Waals surface area contributed by atoms with Gasteiger partial charge in [-0.05, 0) is 129 Å². The number of pyridine rings is 2. The zero-order chi connectivity index (χ0) is 45.3. The standard InChI is InChI=1S/C59H58N6/c1-57(2,3)40-18-17-21-44(32-40)62-39-63(54-25-16-15-24-53(54)62)46-33-42(59(7,8)9)34-47(36-46)64(43-19-11-10-12-20-43)45-26-27-50-48-22-13-14-23-49(48)51-38-60-30-29-52(51)65(55(50)37-45)56-35-41(28-31-61-56)58(4,5)6/h10-38H,39H2,1-9H3. The van der Waals surface area contributed by atoms with E-state index in [1.807, 2.05) is 18.6 Å². The maximum Gasteiger partial charge on any atom is 0.137 e. The Morgan fingerprint density at radius 1 is 0.415 bits per heavy atom. The lowest BCUT2D eigenvalue weighted by molar-refractivity contribution is 0.589. The largest absolute Gasteiger partial charge is 0.321 e. The van der Waals surface area contributed by atoms with Crippen LogP contribution in [0.15, 0.2) is 176 Å². The predicted molar refractivity (Wildman–Crippen MR) is 274 cm³/mol. The lowest BCUT2D eigenvalue weighted by Gasteiger charge is -2.32. The smallest absolute Gasteiger partial charge is 0.137 e. The van der Waals surface area contributed by atoms with Crippen LogP contribution in [0.2, 0.25) is 0 Å². The van der Waals surface area contributed by atoms with Crippen LogP contribution in [0, 0.1) is 0 Å². The summed E-state index contributed by atoms with van der Waals surface area (Å²) in [4.78, 5) is 19.5. The summed E-state index contributed by atoms with van der Waals surface area (Å²) in [6.07, 6.45) is 5.84. The number of hydrogen-bond acceptors (Lipinski definition) is 6. The highest BCUT2D eigenvalue weighted by Gasteiger charge is 2.32. The van der Waals surface area contributed by atoms with Crippen molar-refractivity contribution in [3.05, 3.63) is 193 Å². The average Bonchev–Trinajstić information content (AvgIpc) is 3.64. The number of para-hydroxylation sites is 3. The molecule has 6 aromatic carbocycles. The van der Waals surface area contributed by atoms with E-state index >= 15 is 0 Å². The molecular weight excluding hydrogens is 793 g/mol. The van der Waals surface area contributed by atoms with Gasteiger partial charge in [-0.2, -0.15) is 0 Å². The summed E-state index contributed by atoms with van der Waals surface area (Å²) < 4.78 is 0. The highest BCUT2D eigenvalue weighted by Crippen LogP contribution is 2.53. The lowest BCUT2D eigenvalue weighted by atomic mass is 9.86. The fraction of sp³-hybridized carbons (Fsp3) is 0.220. The fourth-order valence-electron chi connectivity index (χ4n) is 9.33. The van der Waals surface area contributed by atoms with E-state index in [1.54, 1.807) is 0 Å². The quantitative estimate of drug-likeness (QED) is 0.166. The SMILES string of the molecule is CC(C)(C)c1cccc(N2CN(c3cc(N(c4ccccc4)c4ccc5c(c4)N(c4cc(C(C)(C)C)ccn4)c4ccncc4-c4ccccc4-5)cc(C(C)(C)C)c3)c3ccccc32)c1. The van der Waals surface area contributed by atoms with Crippen molar-refractivity contribution in [2.45, 2.75) is 78.6 Å². The molecule has 0 bridgehead atoms. The molecule has 0 spiro atoms. The van der Waals surface area contributed by atoms with E-state index in [2.05, 4.69) is 245 Å². The molecule has 65 heavy (non-hydrogen) atoms. The van der Waals surface area contributed by atoms with Gasteiger partial charge in [-0.25, -0.2) is 4.98 Å². The molecular formula is C59H58N6. The molecule has 2 aromatic heterocycles. The van der Waals surface area contributed by atoms with Crippen LogP contribution in [0.3, 0.4) is 0 Å². The number of benzene rings is 6. The van der Waals surface area contributed by atoms with Crippen molar-refractivity contribution in [3.8, 4) is 22.3 Å². The Morgan fingerprint density at radius 2 is 1.05 bits per heavy atom. The molecule has 0 unspecified atom stereocenters. The summed E-state index contributed by atoms with van der Waals surface area (Å²) >= 11 is 0. The molecule has 0 fully saturated rings. The lowest BCUT2D eigenvalue weighted by Crippen LogP contribution is -2.25. The van der Waals surface area contributed by atoms with Crippen molar-refractivity contribution < 1.29 is 0 Å². The maximum atomic E-state index is 5.11. The van der Waals surface area contributed by atoms with Crippen LogP contribution in [-0.2, 0) is 16.2 Å². The first kappa shape index (κ1) is 41.8. The van der Waals surface area contributed by atoms with Gasteiger partial charge in [0.25, 0.3) is 0 Å². The van der Waals surface area contributed by atoms with Crippen molar-refractivity contribution in [2.24, 2.45) is 0 Å². The first-order chi connectivity index (χ1) is 31.1. The van der Waals surface area contributed by atoms with Crippen LogP contribution < -0.4 is 19.6 Å². The Bertz CT molecular complexity index is 3060. The van der Waals surface area contributed by atoms with Crippen LogP contribution in [0.25, 0.3) is 22.3 Å². The van der Waals surface area contributed by atoms with Crippen molar-refractivity contribution in [1.82, 2.24) is 9.97 Å². The van der Waals surface area contributed by atoms with E-state index in [9.17, 15) is 0 Å². The molecule has 6 heteroatoms. The third kappa shape index (κ3) is 7.71. The maximum absolute atomic E-state index is 5.11. The Morgan fingerprint density at radius 3 is 1.75 bits per heavy atom. The zero-order valence-electron chi connectivity index (χ0n) is 39.1. The summed E-state index contributed by atoms with van der Waals surface area (Å²) in [6.45, 7) is 21.3. The van der Waals surface area contributed by atoms with Gasteiger partial charge < -0.3 is 14.7 Å². The van der Waals surface area contributed by atoms with Crippen molar-refractivity contribution in [1.29, 1.82) is 0 Å². The van der Waals surface area contributed by atoms with Gasteiger partial charge in [0.05, 0.1) is 22.7 Å². The zero-order valence-corrected chi connectivity index (χ0v) is 39.1. The first-order valence-corrected chi connectivity index (χ1v) is 22.8. The third-order valence-corrected chi connectivity index (χ3v) is 13.0. The van der Waals surface area contributed by atoms with E-state index in [0.717, 1.165) is 62.2 Å². The summed E-state index contributed by atoms with van der Waals surface area (Å²) in [6, 6.07) is 58.0. The van der Waals surface area contributed by atoms with Crippen molar-refractivity contribution in [3.63, 3.8) is 0 Å². The van der Waals surface area contributed by atoms with Gasteiger partial charge in [-0.3, -0.25) is 9.88 Å². The van der Waals surface area contributed by atoms with E-state index in [1.165, 1.54) is 33.8 Å². The monoisotopic (exact) mass is 850 g/mol. The minimum absolute atomic E-state index is 0.0373. The number of aromatic nitrogens is 2. The number of hydrogen-bond donors (Lipinski definition) is 0. The Kier molecular flexibility index (Phi) is 10.2. The molecule has 0 saturated heterocycles. The second kappa shape index (κ2) is 15.8. The molecule has 8 aromatic rings. The molecule has 0 N–H and O–H groups in total. The van der Waals surface area contributed by atoms with Gasteiger partial charge in [0.1, 0.15) is 12.5 Å². The molecule has 0 radical (unpaired) electrons. The fourth-order valence-corrected chi connectivity index (χ4v) is 9.33. The molecule has 6 nitrogen and oxygen atoms in total. The minimum atomic E-state index is -0.136. The molecule has 0 atom stereocenters. The van der Waals surface area contributed by atoms with Crippen molar-refractivity contribution >= 4 is 57.0 Å². The topological polar surface area (TPSA) is 38.7 Å². The summed E-state index contributed by atoms with van der Waals surface area (Å²) in [5.74, 6) is 0.865. The van der Waals surface area contributed by atoms with Crippen molar-refractivity contribution in [2.75, 3.05) is 26.3 Å². The number of rotatable bonds is 6. The second-order valence-electron chi connectivity index (χ2n) is 20.6. The van der Waals surface area contributed by atoms with Gasteiger partial charge in [-0.15, -0.1) is 0 Å². The van der Waals surface area contributed by atoms with Crippen LogP contribution >= 0.6 is 0 Å². The summed E-state index contributed by atoms with van der Waals surface area (Å²) in [5.41, 5.74) is 18.1. The Labute approximate surface area is 385 Å². The Hall–Kier alpha value is -7.18. The van der Waals surface area contributed by atoms with Crippen LogP contribution in [0.4, 0.5) is 57.0 Å². The highest BCUT2D eigenvalue weighted by atomic mass is 15.4.